The summed E-state index contributed by atoms with van der Waals surface area (Å²) in [4.78, 5) is 39.0. The minimum absolute atomic E-state index is 0.0733. The van der Waals surface area contributed by atoms with Crippen LogP contribution in [0.4, 0.5) is 5.69 Å². The number of hydrogen-bond donors (Lipinski definition) is 2. The molecule has 0 unspecified atom stereocenters. The van der Waals surface area contributed by atoms with E-state index in [0.29, 0.717) is 21.8 Å². The van der Waals surface area contributed by atoms with Gasteiger partial charge in [-0.25, -0.2) is 0 Å². The Kier molecular flexibility index (Phi) is 9.37. The van der Waals surface area contributed by atoms with Crippen molar-refractivity contribution in [2.45, 2.75) is 0 Å². The van der Waals surface area contributed by atoms with Crippen LogP contribution in [-0.2, 0) is 4.79 Å². The Morgan fingerprint density at radius 3 is 1.88 bits per heavy atom. The number of hydrogen-bond acceptors (Lipinski definition) is 3. The highest BCUT2D eigenvalue weighted by molar-refractivity contribution is 6.32. The molecule has 2 N–H and O–H groups in total. The predicted molar refractivity (Wildman–Crippen MR) is 174 cm³/mol. The van der Waals surface area contributed by atoms with E-state index in [-0.39, 0.29) is 11.5 Å². The standard InChI is InChI=1S/C37H27ClN2O3/c38-33-14-8-7-11-29(33)21-24-35(41)30-19-22-32(23-20-30)39-37(43)34(40-36(42)31-12-5-2-6-13-31)25-26-15-17-28(18-16-26)27-9-3-1-4-10-27/h1-25H,(H,39,43)(H,40,42)/b24-21+,34-25-. The van der Waals surface area contributed by atoms with Crippen LogP contribution in [0.25, 0.3) is 23.3 Å². The Morgan fingerprint density at radius 1 is 0.605 bits per heavy atom. The fourth-order valence-electron chi connectivity index (χ4n) is 4.30. The lowest BCUT2D eigenvalue weighted by molar-refractivity contribution is -0.113. The lowest BCUT2D eigenvalue weighted by atomic mass is 10.0. The monoisotopic (exact) mass is 582 g/mol. The van der Waals surface area contributed by atoms with Crippen molar-refractivity contribution in [3.05, 3.63) is 173 Å². The number of ketones is 1. The van der Waals surface area contributed by atoms with Gasteiger partial charge in [0.15, 0.2) is 5.78 Å². The van der Waals surface area contributed by atoms with Crippen LogP contribution in [0.2, 0.25) is 5.02 Å². The average Bonchev–Trinajstić information content (AvgIpc) is 3.05. The molecule has 0 aliphatic heterocycles. The van der Waals surface area contributed by atoms with Crippen LogP contribution >= 0.6 is 11.6 Å². The minimum Gasteiger partial charge on any atom is -0.321 e. The second kappa shape index (κ2) is 13.9. The van der Waals surface area contributed by atoms with Crippen LogP contribution in [0.15, 0.2) is 145 Å². The van der Waals surface area contributed by atoms with E-state index in [1.54, 1.807) is 66.7 Å². The molecule has 0 radical (unpaired) electrons. The summed E-state index contributed by atoms with van der Waals surface area (Å²) in [5.74, 6) is -1.12. The molecule has 0 fully saturated rings. The summed E-state index contributed by atoms with van der Waals surface area (Å²) in [5, 5.41) is 6.13. The summed E-state index contributed by atoms with van der Waals surface area (Å²) in [6, 6.07) is 40.1. The Morgan fingerprint density at radius 2 is 1.21 bits per heavy atom. The van der Waals surface area contributed by atoms with Gasteiger partial charge in [-0.05, 0) is 82.9 Å². The van der Waals surface area contributed by atoms with Gasteiger partial charge in [0.05, 0.1) is 0 Å². The SMILES string of the molecule is O=C(Nc1ccc(C(=O)/C=C/c2ccccc2Cl)cc1)/C(=C/c1ccc(-c2ccccc2)cc1)NC(=O)c1ccccc1. The van der Waals surface area contributed by atoms with Crippen molar-refractivity contribution >= 4 is 47.0 Å². The molecule has 43 heavy (non-hydrogen) atoms. The van der Waals surface area contributed by atoms with Gasteiger partial charge >= 0.3 is 0 Å². The van der Waals surface area contributed by atoms with E-state index < -0.39 is 11.8 Å². The molecular formula is C37H27ClN2O3. The normalized spacial score (nSPS) is 11.2. The van der Waals surface area contributed by atoms with E-state index in [1.807, 2.05) is 78.9 Å². The topological polar surface area (TPSA) is 75.3 Å². The maximum Gasteiger partial charge on any atom is 0.272 e. The molecule has 5 aromatic rings. The molecule has 0 heterocycles. The van der Waals surface area contributed by atoms with Crippen molar-refractivity contribution in [2.24, 2.45) is 0 Å². The Balaban J connectivity index is 1.33. The Bertz CT molecular complexity index is 1800. The molecule has 6 heteroatoms. The summed E-state index contributed by atoms with van der Waals surface area (Å²) in [7, 11) is 0. The number of rotatable bonds is 9. The largest absolute Gasteiger partial charge is 0.321 e. The number of carbonyl (C=O) groups excluding carboxylic acids is 3. The van der Waals surface area contributed by atoms with Crippen molar-refractivity contribution in [3.8, 4) is 11.1 Å². The number of nitrogens with one attached hydrogen (secondary N) is 2. The number of benzene rings is 5. The highest BCUT2D eigenvalue weighted by Crippen LogP contribution is 2.21. The van der Waals surface area contributed by atoms with E-state index in [9.17, 15) is 14.4 Å². The quantitative estimate of drug-likeness (QED) is 0.135. The molecule has 0 aliphatic carbocycles. The first-order valence-electron chi connectivity index (χ1n) is 13.6. The average molecular weight is 583 g/mol. The molecule has 0 saturated carbocycles. The zero-order valence-corrected chi connectivity index (χ0v) is 23.8. The van der Waals surface area contributed by atoms with Crippen LogP contribution in [0.1, 0.15) is 31.8 Å². The number of amides is 2. The van der Waals surface area contributed by atoms with E-state index in [2.05, 4.69) is 10.6 Å². The number of carbonyl (C=O) groups is 3. The van der Waals surface area contributed by atoms with E-state index in [1.165, 1.54) is 6.08 Å². The highest BCUT2D eigenvalue weighted by atomic mass is 35.5. The van der Waals surface area contributed by atoms with Crippen molar-refractivity contribution in [3.63, 3.8) is 0 Å². The van der Waals surface area contributed by atoms with E-state index in [0.717, 1.165) is 22.3 Å². The first-order valence-corrected chi connectivity index (χ1v) is 14.0. The van der Waals surface area contributed by atoms with Crippen LogP contribution in [0, 0.1) is 0 Å². The molecule has 0 bridgehead atoms. The number of allylic oxidation sites excluding steroid dienone is 1. The molecule has 5 nitrogen and oxygen atoms in total. The van der Waals surface area contributed by atoms with E-state index in [4.69, 9.17) is 11.6 Å². The molecule has 0 saturated heterocycles. The molecular weight excluding hydrogens is 556 g/mol. The second-order valence-electron chi connectivity index (χ2n) is 9.62. The van der Waals surface area contributed by atoms with Crippen LogP contribution < -0.4 is 10.6 Å². The van der Waals surface area contributed by atoms with Gasteiger partial charge in [0.1, 0.15) is 5.70 Å². The fraction of sp³-hybridized carbons (Fsp3) is 0. The van der Waals surface area contributed by atoms with Crippen molar-refractivity contribution < 1.29 is 14.4 Å². The zero-order valence-electron chi connectivity index (χ0n) is 23.0. The first kappa shape index (κ1) is 29.0. The van der Waals surface area contributed by atoms with E-state index >= 15 is 0 Å². The Hall–Kier alpha value is -5.52. The first-order chi connectivity index (χ1) is 21.0. The Labute approximate surface area is 255 Å². The van der Waals surface area contributed by atoms with Gasteiger partial charge in [-0.15, -0.1) is 0 Å². The van der Waals surface area contributed by atoms with Gasteiger partial charge in [0, 0.05) is 21.8 Å². The third kappa shape index (κ3) is 7.82. The summed E-state index contributed by atoms with van der Waals surface area (Å²) in [5.41, 5.74) is 5.02. The molecule has 2 amide bonds. The van der Waals surface area contributed by atoms with Crippen LogP contribution in [0.3, 0.4) is 0 Å². The summed E-state index contributed by atoms with van der Waals surface area (Å²) in [6.45, 7) is 0. The zero-order chi connectivity index (χ0) is 30.0. The summed E-state index contributed by atoms with van der Waals surface area (Å²) < 4.78 is 0. The third-order valence-corrected chi connectivity index (χ3v) is 6.95. The second-order valence-corrected chi connectivity index (χ2v) is 10.0. The molecule has 0 aliphatic rings. The van der Waals surface area contributed by atoms with Gasteiger partial charge in [-0.3, -0.25) is 14.4 Å². The third-order valence-electron chi connectivity index (χ3n) is 6.60. The fourth-order valence-corrected chi connectivity index (χ4v) is 4.50. The summed E-state index contributed by atoms with van der Waals surface area (Å²) >= 11 is 6.16. The number of halogens is 1. The van der Waals surface area contributed by atoms with Gasteiger partial charge in [-0.1, -0.05) is 103 Å². The van der Waals surface area contributed by atoms with Gasteiger partial charge in [0.2, 0.25) is 0 Å². The molecule has 5 rings (SSSR count). The van der Waals surface area contributed by atoms with Gasteiger partial charge in [0.25, 0.3) is 11.8 Å². The smallest absolute Gasteiger partial charge is 0.272 e. The van der Waals surface area contributed by atoms with Gasteiger partial charge < -0.3 is 10.6 Å². The lowest BCUT2D eigenvalue weighted by Gasteiger charge is -2.12. The highest BCUT2D eigenvalue weighted by Gasteiger charge is 2.15. The van der Waals surface area contributed by atoms with Crippen LogP contribution in [0.5, 0.6) is 0 Å². The number of anilines is 1. The molecule has 0 spiro atoms. The molecule has 0 atom stereocenters. The lowest BCUT2D eigenvalue weighted by Crippen LogP contribution is -2.30. The van der Waals surface area contributed by atoms with Crippen molar-refractivity contribution in [1.82, 2.24) is 5.32 Å². The van der Waals surface area contributed by atoms with Crippen LogP contribution in [-0.4, -0.2) is 17.6 Å². The van der Waals surface area contributed by atoms with Crippen molar-refractivity contribution in [2.75, 3.05) is 5.32 Å². The summed E-state index contributed by atoms with van der Waals surface area (Å²) in [6.07, 6.45) is 4.75. The molecule has 0 aromatic heterocycles. The minimum atomic E-state index is -0.505. The molecule has 5 aromatic carbocycles. The predicted octanol–water partition coefficient (Wildman–Crippen LogP) is 8.31. The van der Waals surface area contributed by atoms with Crippen molar-refractivity contribution in [1.29, 1.82) is 0 Å². The molecule has 210 valence electrons. The van der Waals surface area contributed by atoms with Gasteiger partial charge in [-0.2, -0.15) is 0 Å². The maximum absolute atomic E-state index is 13.4. The maximum atomic E-state index is 13.4.